The van der Waals surface area contributed by atoms with Crippen LogP contribution in [0.5, 0.6) is 0 Å². The third-order valence-electron chi connectivity index (χ3n) is 1.75. The van der Waals surface area contributed by atoms with E-state index in [9.17, 15) is 4.79 Å². The molecule has 0 aliphatic heterocycles. The molecule has 0 unspecified atom stereocenters. The largest absolute Gasteiger partial charge is 0.468 e. The summed E-state index contributed by atoms with van der Waals surface area (Å²) in [5.74, 6) is -0.227. The van der Waals surface area contributed by atoms with E-state index in [-0.39, 0.29) is 12.0 Å². The maximum Gasteiger partial charge on any atom is 0.322 e. The van der Waals surface area contributed by atoms with Gasteiger partial charge in [0, 0.05) is 6.54 Å². The van der Waals surface area contributed by atoms with Crippen molar-refractivity contribution in [2.24, 2.45) is 0 Å². The van der Waals surface area contributed by atoms with Crippen molar-refractivity contribution in [3.05, 3.63) is 22.4 Å². The van der Waals surface area contributed by atoms with Gasteiger partial charge in [-0.25, -0.2) is 0 Å². The van der Waals surface area contributed by atoms with E-state index in [1.54, 1.807) is 18.3 Å². The van der Waals surface area contributed by atoms with Crippen LogP contribution in [0.1, 0.15) is 12.5 Å². The van der Waals surface area contributed by atoms with Gasteiger partial charge in [0.05, 0.1) is 7.11 Å². The zero-order chi connectivity index (χ0) is 9.68. The molecule has 0 saturated heterocycles. The molecule has 3 nitrogen and oxygen atoms in total. The molecule has 0 amide bonds. The highest BCUT2D eigenvalue weighted by atomic mass is 32.1. The lowest BCUT2D eigenvalue weighted by Gasteiger charge is -2.09. The van der Waals surface area contributed by atoms with Crippen LogP contribution in [0.3, 0.4) is 0 Å². The minimum Gasteiger partial charge on any atom is -0.468 e. The second-order valence-corrected chi connectivity index (χ2v) is 3.54. The molecule has 0 saturated carbocycles. The number of carbonyl (C=O) groups is 1. The standard InChI is InChI=1S/C9H13NO2S/c1-7(9(11)12-2)10-5-8-3-4-13-6-8/h3-4,6-7,10H,5H2,1-2H3/t7-/m0/s1. The average Bonchev–Trinajstić information content (AvgIpc) is 2.65. The zero-order valence-corrected chi connectivity index (χ0v) is 8.56. The molecule has 0 spiro atoms. The number of hydrogen-bond acceptors (Lipinski definition) is 4. The molecule has 0 radical (unpaired) electrons. The van der Waals surface area contributed by atoms with E-state index >= 15 is 0 Å². The quantitative estimate of drug-likeness (QED) is 0.745. The SMILES string of the molecule is COC(=O)[C@H](C)NCc1ccsc1. The smallest absolute Gasteiger partial charge is 0.322 e. The minimum absolute atomic E-state index is 0.227. The Hall–Kier alpha value is -0.870. The highest BCUT2D eigenvalue weighted by Crippen LogP contribution is 2.05. The van der Waals surface area contributed by atoms with Crippen molar-refractivity contribution in [3.8, 4) is 0 Å². The summed E-state index contributed by atoms with van der Waals surface area (Å²) in [6.45, 7) is 2.50. The van der Waals surface area contributed by atoms with Gasteiger partial charge in [-0.05, 0) is 29.3 Å². The average molecular weight is 199 g/mol. The second kappa shape index (κ2) is 4.99. The molecule has 1 heterocycles. The molecule has 0 aromatic carbocycles. The van der Waals surface area contributed by atoms with Crippen LogP contribution < -0.4 is 5.32 Å². The summed E-state index contributed by atoms with van der Waals surface area (Å²) >= 11 is 1.65. The van der Waals surface area contributed by atoms with E-state index in [1.165, 1.54) is 12.7 Å². The van der Waals surface area contributed by atoms with Crippen molar-refractivity contribution >= 4 is 17.3 Å². The monoisotopic (exact) mass is 199 g/mol. The number of nitrogens with one attached hydrogen (secondary N) is 1. The molecule has 72 valence electrons. The first-order valence-electron chi connectivity index (χ1n) is 4.06. The zero-order valence-electron chi connectivity index (χ0n) is 7.74. The first-order chi connectivity index (χ1) is 6.24. The molecule has 1 rings (SSSR count). The van der Waals surface area contributed by atoms with Gasteiger partial charge in [-0.1, -0.05) is 0 Å². The third-order valence-corrected chi connectivity index (χ3v) is 2.48. The van der Waals surface area contributed by atoms with Crippen LogP contribution in [-0.4, -0.2) is 19.1 Å². The van der Waals surface area contributed by atoms with Crippen molar-refractivity contribution in [1.82, 2.24) is 5.32 Å². The Bertz CT molecular complexity index is 259. The van der Waals surface area contributed by atoms with E-state index in [4.69, 9.17) is 0 Å². The predicted molar refractivity (Wildman–Crippen MR) is 52.6 cm³/mol. The lowest BCUT2D eigenvalue weighted by Crippen LogP contribution is -2.34. The number of hydrogen-bond donors (Lipinski definition) is 1. The lowest BCUT2D eigenvalue weighted by molar-refractivity contribution is -0.142. The molecule has 13 heavy (non-hydrogen) atoms. The molecule has 1 atom stereocenters. The Morgan fingerprint density at radius 2 is 2.54 bits per heavy atom. The number of methoxy groups -OCH3 is 1. The predicted octanol–water partition coefficient (Wildman–Crippen LogP) is 1.40. The molecular weight excluding hydrogens is 186 g/mol. The molecule has 0 fully saturated rings. The third kappa shape index (κ3) is 3.16. The number of carbonyl (C=O) groups excluding carboxylic acids is 1. The molecule has 1 aromatic heterocycles. The Morgan fingerprint density at radius 1 is 1.77 bits per heavy atom. The lowest BCUT2D eigenvalue weighted by atomic mass is 10.3. The van der Waals surface area contributed by atoms with Crippen LogP contribution in [0.15, 0.2) is 16.8 Å². The van der Waals surface area contributed by atoms with Crippen LogP contribution >= 0.6 is 11.3 Å². The van der Waals surface area contributed by atoms with E-state index in [1.807, 2.05) is 11.4 Å². The van der Waals surface area contributed by atoms with E-state index in [2.05, 4.69) is 15.4 Å². The molecular formula is C9H13NO2S. The second-order valence-electron chi connectivity index (χ2n) is 2.76. The first kappa shape index (κ1) is 10.2. The summed E-state index contributed by atoms with van der Waals surface area (Å²) in [4.78, 5) is 11.0. The Kier molecular flexibility index (Phi) is 3.92. The Morgan fingerprint density at radius 3 is 3.08 bits per heavy atom. The molecule has 1 N–H and O–H groups in total. The van der Waals surface area contributed by atoms with E-state index in [0.717, 1.165) is 0 Å². The number of esters is 1. The summed E-state index contributed by atoms with van der Waals surface area (Å²) < 4.78 is 4.58. The molecule has 1 aromatic rings. The maximum absolute atomic E-state index is 11.0. The van der Waals surface area contributed by atoms with Gasteiger partial charge in [-0.2, -0.15) is 11.3 Å². The van der Waals surface area contributed by atoms with Crippen molar-refractivity contribution < 1.29 is 9.53 Å². The van der Waals surface area contributed by atoms with Gasteiger partial charge in [0.1, 0.15) is 6.04 Å². The summed E-state index contributed by atoms with van der Waals surface area (Å²) in [7, 11) is 1.39. The Balaban J connectivity index is 2.30. The van der Waals surface area contributed by atoms with E-state index in [0.29, 0.717) is 6.54 Å². The fourth-order valence-corrected chi connectivity index (χ4v) is 1.59. The normalized spacial score (nSPS) is 12.5. The van der Waals surface area contributed by atoms with Crippen molar-refractivity contribution in [2.45, 2.75) is 19.5 Å². The molecule has 0 aliphatic rings. The summed E-state index contributed by atoms with van der Waals surface area (Å²) in [6.07, 6.45) is 0. The van der Waals surface area contributed by atoms with Gasteiger partial charge in [0.2, 0.25) is 0 Å². The Labute approximate surface area is 81.7 Å². The molecule has 0 aliphatic carbocycles. The fraction of sp³-hybridized carbons (Fsp3) is 0.444. The van der Waals surface area contributed by atoms with Gasteiger partial charge in [-0.15, -0.1) is 0 Å². The fourth-order valence-electron chi connectivity index (χ4n) is 0.924. The highest BCUT2D eigenvalue weighted by Gasteiger charge is 2.11. The number of thiophene rings is 1. The van der Waals surface area contributed by atoms with Crippen LogP contribution in [-0.2, 0) is 16.1 Å². The van der Waals surface area contributed by atoms with Crippen molar-refractivity contribution in [2.75, 3.05) is 7.11 Å². The van der Waals surface area contributed by atoms with Crippen LogP contribution in [0.25, 0.3) is 0 Å². The van der Waals surface area contributed by atoms with Crippen molar-refractivity contribution in [3.63, 3.8) is 0 Å². The maximum atomic E-state index is 11.0. The van der Waals surface area contributed by atoms with Gasteiger partial charge in [-0.3, -0.25) is 4.79 Å². The topological polar surface area (TPSA) is 38.3 Å². The van der Waals surface area contributed by atoms with Crippen molar-refractivity contribution in [1.29, 1.82) is 0 Å². The van der Waals surface area contributed by atoms with E-state index < -0.39 is 0 Å². The van der Waals surface area contributed by atoms with Gasteiger partial charge < -0.3 is 10.1 Å². The number of ether oxygens (including phenoxy) is 1. The first-order valence-corrected chi connectivity index (χ1v) is 5.00. The van der Waals surface area contributed by atoms with Gasteiger partial charge in [0.25, 0.3) is 0 Å². The minimum atomic E-state index is -0.245. The van der Waals surface area contributed by atoms with Gasteiger partial charge >= 0.3 is 5.97 Å². The summed E-state index contributed by atoms with van der Waals surface area (Å²) in [5, 5.41) is 7.13. The highest BCUT2D eigenvalue weighted by molar-refractivity contribution is 7.07. The molecule has 0 bridgehead atoms. The van der Waals surface area contributed by atoms with Crippen LogP contribution in [0.4, 0.5) is 0 Å². The summed E-state index contributed by atoms with van der Waals surface area (Å²) in [5.41, 5.74) is 1.20. The van der Waals surface area contributed by atoms with Crippen LogP contribution in [0, 0.1) is 0 Å². The molecule has 4 heteroatoms. The van der Waals surface area contributed by atoms with Crippen LogP contribution in [0.2, 0.25) is 0 Å². The van der Waals surface area contributed by atoms with Gasteiger partial charge in [0.15, 0.2) is 0 Å². The summed E-state index contributed by atoms with van der Waals surface area (Å²) in [6, 6.07) is 1.78. The number of rotatable bonds is 4.